The molecule has 3 rings (SSSR count). The second-order valence-electron chi connectivity index (χ2n) is 7.09. The summed E-state index contributed by atoms with van der Waals surface area (Å²) in [5.74, 6) is 0.519. The van der Waals surface area contributed by atoms with Crippen molar-refractivity contribution in [2.75, 3.05) is 32.6 Å². The van der Waals surface area contributed by atoms with E-state index in [9.17, 15) is 13.2 Å². The summed E-state index contributed by atoms with van der Waals surface area (Å²) in [5.41, 5.74) is 1.53. The summed E-state index contributed by atoms with van der Waals surface area (Å²) < 4.78 is 38.7. The molecule has 7 nitrogen and oxygen atoms in total. The molecule has 1 amide bonds. The zero-order valence-corrected chi connectivity index (χ0v) is 19.6. The predicted molar refractivity (Wildman–Crippen MR) is 119 cm³/mol. The number of benzene rings is 2. The second kappa shape index (κ2) is 9.36. The third kappa shape index (κ3) is 4.63. The molecule has 9 heteroatoms. The van der Waals surface area contributed by atoms with Gasteiger partial charge in [-0.3, -0.25) is 4.79 Å². The Bertz CT molecular complexity index is 1020. The zero-order valence-electron chi connectivity index (χ0n) is 17.2. The number of hydrogen-bond donors (Lipinski definition) is 1. The first-order chi connectivity index (χ1) is 14.3. The van der Waals surface area contributed by atoms with E-state index >= 15 is 0 Å². The lowest BCUT2D eigenvalue weighted by Gasteiger charge is -2.26. The summed E-state index contributed by atoms with van der Waals surface area (Å²) >= 11 is 3.38. The van der Waals surface area contributed by atoms with Gasteiger partial charge in [-0.05, 0) is 65.5 Å². The van der Waals surface area contributed by atoms with Crippen LogP contribution in [0, 0.1) is 6.92 Å². The van der Waals surface area contributed by atoms with Crippen molar-refractivity contribution in [1.29, 1.82) is 0 Å². The number of ether oxygens (including phenoxy) is 2. The summed E-state index contributed by atoms with van der Waals surface area (Å²) in [4.78, 5) is 13.1. The summed E-state index contributed by atoms with van der Waals surface area (Å²) in [6, 6.07) is 7.98. The Hall–Kier alpha value is -2.10. The van der Waals surface area contributed by atoms with Crippen LogP contribution in [0.5, 0.6) is 11.5 Å². The maximum atomic E-state index is 13.0. The van der Waals surface area contributed by atoms with Gasteiger partial charge in [0.25, 0.3) is 5.91 Å². The van der Waals surface area contributed by atoms with Gasteiger partial charge in [-0.15, -0.1) is 0 Å². The van der Waals surface area contributed by atoms with E-state index in [2.05, 4.69) is 21.2 Å². The number of rotatable bonds is 6. The lowest BCUT2D eigenvalue weighted by Crippen LogP contribution is -2.35. The minimum Gasteiger partial charge on any atom is -0.495 e. The molecule has 1 saturated heterocycles. The van der Waals surface area contributed by atoms with Gasteiger partial charge in [0.15, 0.2) is 0 Å². The number of nitrogens with one attached hydrogen (secondary N) is 1. The van der Waals surface area contributed by atoms with E-state index in [0.717, 1.165) is 24.8 Å². The summed E-state index contributed by atoms with van der Waals surface area (Å²) in [6.07, 6.45) is 2.77. The van der Waals surface area contributed by atoms with E-state index in [4.69, 9.17) is 9.47 Å². The van der Waals surface area contributed by atoms with Gasteiger partial charge in [-0.1, -0.05) is 12.5 Å². The Balaban J connectivity index is 1.90. The first-order valence-electron chi connectivity index (χ1n) is 9.61. The number of halogens is 1. The molecule has 0 bridgehead atoms. The normalized spacial score (nSPS) is 14.9. The first kappa shape index (κ1) is 22.6. The molecule has 0 saturated carbocycles. The molecule has 0 spiro atoms. The molecule has 0 unspecified atom stereocenters. The maximum absolute atomic E-state index is 13.0. The third-order valence-electron chi connectivity index (χ3n) is 5.12. The highest BCUT2D eigenvalue weighted by Crippen LogP contribution is 2.36. The molecule has 0 aromatic heterocycles. The van der Waals surface area contributed by atoms with Crippen molar-refractivity contribution in [1.82, 2.24) is 4.31 Å². The van der Waals surface area contributed by atoms with Crippen molar-refractivity contribution < 1.29 is 22.7 Å². The van der Waals surface area contributed by atoms with Crippen LogP contribution in [0.15, 0.2) is 39.7 Å². The number of piperidine rings is 1. The zero-order chi connectivity index (χ0) is 21.9. The molecule has 1 aliphatic heterocycles. The van der Waals surface area contributed by atoms with Gasteiger partial charge < -0.3 is 14.8 Å². The smallest absolute Gasteiger partial charge is 0.255 e. The summed E-state index contributed by atoms with van der Waals surface area (Å²) in [5, 5.41) is 2.82. The Morgan fingerprint density at radius 2 is 1.63 bits per heavy atom. The number of hydrogen-bond acceptors (Lipinski definition) is 5. The molecule has 1 fully saturated rings. The van der Waals surface area contributed by atoms with Crippen LogP contribution in [0.1, 0.15) is 35.2 Å². The average molecular weight is 497 g/mol. The molecule has 1 aliphatic rings. The van der Waals surface area contributed by atoms with Crippen LogP contribution in [0.25, 0.3) is 0 Å². The van der Waals surface area contributed by atoms with Crippen molar-refractivity contribution in [2.45, 2.75) is 31.1 Å². The van der Waals surface area contributed by atoms with Gasteiger partial charge in [-0.2, -0.15) is 4.31 Å². The predicted octanol–water partition coefficient (Wildman–Crippen LogP) is 4.20. The molecule has 0 atom stereocenters. The van der Waals surface area contributed by atoms with Crippen molar-refractivity contribution in [2.24, 2.45) is 0 Å². The number of carbonyl (C=O) groups excluding carboxylic acids is 1. The molecule has 2 aromatic carbocycles. The quantitative estimate of drug-likeness (QED) is 0.647. The van der Waals surface area contributed by atoms with Crippen molar-refractivity contribution in [3.8, 4) is 11.5 Å². The van der Waals surface area contributed by atoms with E-state index in [1.54, 1.807) is 24.3 Å². The van der Waals surface area contributed by atoms with E-state index in [-0.39, 0.29) is 4.90 Å². The molecule has 0 aliphatic carbocycles. The number of sulfonamides is 1. The van der Waals surface area contributed by atoms with Gasteiger partial charge >= 0.3 is 0 Å². The Labute approximate surface area is 185 Å². The third-order valence-corrected chi connectivity index (χ3v) is 7.79. The van der Waals surface area contributed by atoms with Gasteiger partial charge in [0.05, 0.1) is 19.1 Å². The molecule has 1 N–H and O–H groups in total. The van der Waals surface area contributed by atoms with E-state index in [0.29, 0.717) is 40.3 Å². The Morgan fingerprint density at radius 3 is 2.20 bits per heavy atom. The molecule has 2 aromatic rings. The standard InChI is InChI=1S/C21H25BrN2O5S/c1-14-7-8-16(30(26,27)24-9-5-4-6-10-24)13-17(14)23-21(25)15-11-18(28-2)20(22)19(12-15)29-3/h7-8,11-13H,4-6,9-10H2,1-3H3,(H,23,25). The fourth-order valence-corrected chi connectivity index (χ4v) is 5.44. The Kier molecular flexibility index (Phi) is 7.05. The highest BCUT2D eigenvalue weighted by atomic mass is 79.9. The monoisotopic (exact) mass is 496 g/mol. The number of nitrogens with zero attached hydrogens (tertiary/aromatic N) is 1. The highest BCUT2D eigenvalue weighted by Gasteiger charge is 2.26. The number of carbonyl (C=O) groups is 1. The van der Waals surface area contributed by atoms with Crippen LogP contribution < -0.4 is 14.8 Å². The summed E-state index contributed by atoms with van der Waals surface area (Å²) in [6.45, 7) is 2.86. The van der Waals surface area contributed by atoms with E-state index in [1.807, 2.05) is 6.92 Å². The highest BCUT2D eigenvalue weighted by molar-refractivity contribution is 9.10. The van der Waals surface area contributed by atoms with Crippen LogP contribution in [0.2, 0.25) is 0 Å². The number of anilines is 1. The molecular formula is C21H25BrN2O5S. The largest absolute Gasteiger partial charge is 0.495 e. The van der Waals surface area contributed by atoms with Crippen LogP contribution in [0.3, 0.4) is 0 Å². The molecular weight excluding hydrogens is 472 g/mol. The minimum absolute atomic E-state index is 0.177. The first-order valence-corrected chi connectivity index (χ1v) is 11.8. The topological polar surface area (TPSA) is 84.9 Å². The molecule has 30 heavy (non-hydrogen) atoms. The lowest BCUT2D eigenvalue weighted by atomic mass is 10.1. The van der Waals surface area contributed by atoms with E-state index in [1.165, 1.54) is 24.6 Å². The summed E-state index contributed by atoms with van der Waals surface area (Å²) in [7, 11) is -0.592. The fraction of sp³-hybridized carbons (Fsp3) is 0.381. The van der Waals surface area contributed by atoms with Crippen LogP contribution in [0.4, 0.5) is 5.69 Å². The number of aryl methyl sites for hydroxylation is 1. The van der Waals surface area contributed by atoms with Crippen LogP contribution in [-0.2, 0) is 10.0 Å². The maximum Gasteiger partial charge on any atom is 0.255 e. The van der Waals surface area contributed by atoms with E-state index < -0.39 is 15.9 Å². The molecule has 1 heterocycles. The molecule has 0 radical (unpaired) electrons. The lowest BCUT2D eigenvalue weighted by molar-refractivity contribution is 0.102. The minimum atomic E-state index is -3.59. The van der Waals surface area contributed by atoms with Gasteiger partial charge in [0.1, 0.15) is 16.0 Å². The molecule has 162 valence electrons. The average Bonchev–Trinajstić information content (AvgIpc) is 2.75. The number of amides is 1. The Morgan fingerprint density at radius 1 is 1.03 bits per heavy atom. The van der Waals surface area contributed by atoms with Crippen molar-refractivity contribution in [3.05, 3.63) is 45.9 Å². The SMILES string of the molecule is COc1cc(C(=O)Nc2cc(S(=O)(=O)N3CCCCC3)ccc2C)cc(OC)c1Br. The van der Waals surface area contributed by atoms with Crippen LogP contribution >= 0.6 is 15.9 Å². The second-order valence-corrected chi connectivity index (χ2v) is 9.82. The van der Waals surface area contributed by atoms with Crippen LogP contribution in [-0.4, -0.2) is 45.9 Å². The van der Waals surface area contributed by atoms with Gasteiger partial charge in [0, 0.05) is 24.3 Å². The van der Waals surface area contributed by atoms with Gasteiger partial charge in [0.2, 0.25) is 10.0 Å². The van der Waals surface area contributed by atoms with Gasteiger partial charge in [-0.25, -0.2) is 8.42 Å². The van der Waals surface area contributed by atoms with Crippen molar-refractivity contribution in [3.63, 3.8) is 0 Å². The van der Waals surface area contributed by atoms with Crippen molar-refractivity contribution >= 4 is 37.5 Å². The number of methoxy groups -OCH3 is 2. The fourth-order valence-electron chi connectivity index (χ4n) is 3.35.